The number of nitrogens with one attached hydrogen (secondary N) is 1. The lowest BCUT2D eigenvalue weighted by molar-refractivity contribution is -0.106. The fraction of sp³-hybridized carbons (Fsp3) is 0.643. The first-order valence-electron chi connectivity index (χ1n) is 6.57. The summed E-state index contributed by atoms with van der Waals surface area (Å²) >= 11 is 0. The van der Waals surface area contributed by atoms with E-state index in [4.69, 9.17) is 9.47 Å². The highest BCUT2D eigenvalue weighted by Gasteiger charge is 2.24. The smallest absolute Gasteiger partial charge is 0.125 e. The fourth-order valence-electron chi connectivity index (χ4n) is 2.35. The molecule has 1 aliphatic rings. The zero-order chi connectivity index (χ0) is 13.0. The summed E-state index contributed by atoms with van der Waals surface area (Å²) in [6.07, 6.45) is 4.70. The van der Waals surface area contributed by atoms with Gasteiger partial charge in [-0.3, -0.25) is 0 Å². The second kappa shape index (κ2) is 6.16. The third-order valence-corrected chi connectivity index (χ3v) is 3.22. The Bertz CT molecular complexity index is 357. The van der Waals surface area contributed by atoms with Crippen molar-refractivity contribution in [2.24, 2.45) is 0 Å². The number of pyridine rings is 1. The van der Waals surface area contributed by atoms with Crippen LogP contribution in [-0.4, -0.2) is 30.3 Å². The van der Waals surface area contributed by atoms with Crippen LogP contribution in [-0.2, 0) is 16.1 Å². The van der Waals surface area contributed by atoms with Crippen molar-refractivity contribution in [2.75, 3.05) is 12.4 Å². The van der Waals surface area contributed by atoms with Gasteiger partial charge in [-0.2, -0.15) is 0 Å². The first-order valence-corrected chi connectivity index (χ1v) is 6.57. The second-order valence-electron chi connectivity index (χ2n) is 4.96. The molecular formula is C14H22N2O2. The number of anilines is 1. The average molecular weight is 250 g/mol. The number of rotatable bonds is 4. The lowest BCUT2D eigenvalue weighted by atomic mass is 10.0. The quantitative estimate of drug-likeness (QED) is 0.892. The minimum Gasteiger partial charge on any atom is -0.375 e. The van der Waals surface area contributed by atoms with E-state index in [-0.39, 0.29) is 0 Å². The van der Waals surface area contributed by atoms with E-state index < -0.39 is 0 Å². The maximum atomic E-state index is 5.94. The molecule has 18 heavy (non-hydrogen) atoms. The van der Waals surface area contributed by atoms with Crippen LogP contribution in [0.5, 0.6) is 0 Å². The molecule has 1 aromatic rings. The second-order valence-corrected chi connectivity index (χ2v) is 4.96. The summed E-state index contributed by atoms with van der Waals surface area (Å²) in [5, 5.41) is 3.00. The maximum absolute atomic E-state index is 5.94. The molecule has 0 saturated carbocycles. The Hall–Kier alpha value is -1.13. The van der Waals surface area contributed by atoms with E-state index in [1.54, 1.807) is 0 Å². The molecule has 2 unspecified atom stereocenters. The lowest BCUT2D eigenvalue weighted by Gasteiger charge is -2.32. The fourth-order valence-corrected chi connectivity index (χ4v) is 2.35. The van der Waals surface area contributed by atoms with Gasteiger partial charge in [-0.05, 0) is 38.3 Å². The van der Waals surface area contributed by atoms with Gasteiger partial charge in [-0.15, -0.1) is 0 Å². The van der Waals surface area contributed by atoms with Crippen LogP contribution in [0.4, 0.5) is 5.82 Å². The van der Waals surface area contributed by atoms with Crippen molar-refractivity contribution in [3.8, 4) is 0 Å². The molecule has 2 rings (SSSR count). The molecule has 1 N–H and O–H groups in total. The standard InChI is InChI=1S/C14H22N2O2/c1-10-6-13(7-11(2)18-10)17-9-12-4-5-14(15-3)16-8-12/h4-5,8,10-11,13H,6-7,9H2,1-3H3,(H,15,16). The van der Waals surface area contributed by atoms with Gasteiger partial charge in [0.1, 0.15) is 5.82 Å². The van der Waals surface area contributed by atoms with E-state index >= 15 is 0 Å². The lowest BCUT2D eigenvalue weighted by Crippen LogP contribution is -2.33. The molecule has 0 spiro atoms. The Balaban J connectivity index is 1.83. The zero-order valence-electron chi connectivity index (χ0n) is 11.3. The van der Waals surface area contributed by atoms with E-state index in [1.165, 1.54) is 0 Å². The van der Waals surface area contributed by atoms with E-state index in [1.807, 2.05) is 25.4 Å². The van der Waals surface area contributed by atoms with Gasteiger partial charge in [0.05, 0.1) is 24.9 Å². The number of hydrogen-bond acceptors (Lipinski definition) is 4. The monoisotopic (exact) mass is 250 g/mol. The Morgan fingerprint density at radius 3 is 2.61 bits per heavy atom. The Kier molecular flexibility index (Phi) is 4.55. The molecule has 0 bridgehead atoms. The predicted molar refractivity (Wildman–Crippen MR) is 71.6 cm³/mol. The van der Waals surface area contributed by atoms with Crippen molar-refractivity contribution in [3.63, 3.8) is 0 Å². The zero-order valence-corrected chi connectivity index (χ0v) is 11.3. The SMILES string of the molecule is CNc1ccc(COC2CC(C)OC(C)C2)cn1. The summed E-state index contributed by atoms with van der Waals surface area (Å²) in [6.45, 7) is 4.84. The summed E-state index contributed by atoms with van der Waals surface area (Å²) in [6, 6.07) is 4.01. The van der Waals surface area contributed by atoms with Gasteiger partial charge in [0.15, 0.2) is 0 Å². The molecule has 2 atom stereocenters. The summed E-state index contributed by atoms with van der Waals surface area (Å²) in [5.41, 5.74) is 1.11. The average Bonchev–Trinajstić information content (AvgIpc) is 2.36. The Morgan fingerprint density at radius 1 is 1.33 bits per heavy atom. The van der Waals surface area contributed by atoms with Crippen LogP contribution in [0.3, 0.4) is 0 Å². The highest BCUT2D eigenvalue weighted by atomic mass is 16.5. The number of nitrogens with zero attached hydrogens (tertiary/aromatic N) is 1. The van der Waals surface area contributed by atoms with Crippen LogP contribution in [0.25, 0.3) is 0 Å². The van der Waals surface area contributed by atoms with Crippen LogP contribution < -0.4 is 5.32 Å². The van der Waals surface area contributed by atoms with E-state index in [9.17, 15) is 0 Å². The van der Waals surface area contributed by atoms with Crippen molar-refractivity contribution in [2.45, 2.75) is 51.6 Å². The third kappa shape index (κ3) is 3.68. The van der Waals surface area contributed by atoms with Crippen LogP contribution in [0.2, 0.25) is 0 Å². The number of aromatic nitrogens is 1. The molecular weight excluding hydrogens is 228 g/mol. The molecule has 1 saturated heterocycles. The van der Waals surface area contributed by atoms with Gasteiger partial charge in [0.25, 0.3) is 0 Å². The first-order chi connectivity index (χ1) is 8.67. The molecule has 0 radical (unpaired) electrons. The first kappa shape index (κ1) is 13.3. The molecule has 0 aliphatic carbocycles. The molecule has 4 heteroatoms. The third-order valence-electron chi connectivity index (χ3n) is 3.22. The molecule has 1 fully saturated rings. The molecule has 2 heterocycles. The molecule has 0 amide bonds. The van der Waals surface area contributed by atoms with Gasteiger partial charge in [0, 0.05) is 13.2 Å². The predicted octanol–water partition coefficient (Wildman–Crippen LogP) is 2.60. The molecule has 0 aromatic carbocycles. The normalized spacial score (nSPS) is 28.1. The van der Waals surface area contributed by atoms with Gasteiger partial charge in [-0.25, -0.2) is 4.98 Å². The Labute approximate surface area is 109 Å². The van der Waals surface area contributed by atoms with Crippen LogP contribution >= 0.6 is 0 Å². The number of ether oxygens (including phenoxy) is 2. The van der Waals surface area contributed by atoms with Crippen molar-refractivity contribution in [3.05, 3.63) is 23.9 Å². The van der Waals surface area contributed by atoms with Crippen molar-refractivity contribution in [1.29, 1.82) is 0 Å². The molecule has 4 nitrogen and oxygen atoms in total. The highest BCUT2D eigenvalue weighted by molar-refractivity contribution is 5.34. The summed E-state index contributed by atoms with van der Waals surface area (Å²) in [4.78, 5) is 4.28. The Morgan fingerprint density at radius 2 is 2.06 bits per heavy atom. The molecule has 1 aromatic heterocycles. The van der Waals surface area contributed by atoms with E-state index in [0.717, 1.165) is 24.2 Å². The van der Waals surface area contributed by atoms with Crippen molar-refractivity contribution >= 4 is 5.82 Å². The summed E-state index contributed by atoms with van der Waals surface area (Å²) in [7, 11) is 1.86. The van der Waals surface area contributed by atoms with E-state index in [2.05, 4.69) is 24.1 Å². The van der Waals surface area contributed by atoms with Gasteiger partial charge < -0.3 is 14.8 Å². The van der Waals surface area contributed by atoms with Crippen molar-refractivity contribution in [1.82, 2.24) is 4.98 Å². The van der Waals surface area contributed by atoms with Crippen LogP contribution in [0.1, 0.15) is 32.3 Å². The van der Waals surface area contributed by atoms with Crippen LogP contribution in [0, 0.1) is 0 Å². The van der Waals surface area contributed by atoms with Gasteiger partial charge in [-0.1, -0.05) is 6.07 Å². The largest absolute Gasteiger partial charge is 0.375 e. The minimum absolute atomic E-state index is 0.295. The highest BCUT2D eigenvalue weighted by Crippen LogP contribution is 2.22. The molecule has 1 aliphatic heterocycles. The topological polar surface area (TPSA) is 43.4 Å². The minimum atomic E-state index is 0.295. The summed E-state index contributed by atoms with van der Waals surface area (Å²) in [5.74, 6) is 0.882. The van der Waals surface area contributed by atoms with Gasteiger partial charge >= 0.3 is 0 Å². The van der Waals surface area contributed by atoms with Crippen molar-refractivity contribution < 1.29 is 9.47 Å². The maximum Gasteiger partial charge on any atom is 0.125 e. The number of hydrogen-bond donors (Lipinski definition) is 1. The van der Waals surface area contributed by atoms with Crippen LogP contribution in [0.15, 0.2) is 18.3 Å². The summed E-state index contributed by atoms with van der Waals surface area (Å²) < 4.78 is 11.6. The molecule has 100 valence electrons. The van der Waals surface area contributed by atoms with E-state index in [0.29, 0.717) is 24.9 Å². The van der Waals surface area contributed by atoms with Gasteiger partial charge in [0.2, 0.25) is 0 Å².